The molecule has 100 valence electrons. The van der Waals surface area contributed by atoms with Crippen LogP contribution in [0.3, 0.4) is 0 Å². The van der Waals surface area contributed by atoms with Gasteiger partial charge in [0.05, 0.1) is 0 Å². The fraction of sp³-hybridized carbons (Fsp3) is 0.667. The molecule has 1 saturated carbocycles. The molecule has 1 fully saturated rings. The summed E-state index contributed by atoms with van der Waals surface area (Å²) in [6, 6.07) is 2.70. The Bertz CT molecular complexity index is 422. The minimum atomic E-state index is 0.511. The lowest BCUT2D eigenvalue weighted by Gasteiger charge is -2.31. The molecule has 0 saturated heterocycles. The van der Waals surface area contributed by atoms with Gasteiger partial charge >= 0.3 is 0 Å². The highest BCUT2D eigenvalue weighted by Gasteiger charge is 2.27. The van der Waals surface area contributed by atoms with Crippen molar-refractivity contribution in [2.24, 2.45) is 11.7 Å². The lowest BCUT2D eigenvalue weighted by atomic mass is 10.1. The maximum Gasteiger partial charge on any atom is 0.0450 e. The average molecular weight is 247 g/mol. The van der Waals surface area contributed by atoms with Gasteiger partial charge in [-0.1, -0.05) is 0 Å². The van der Waals surface area contributed by atoms with Gasteiger partial charge in [-0.05, 0) is 52.5 Å². The third-order valence-electron chi connectivity index (χ3n) is 3.72. The van der Waals surface area contributed by atoms with E-state index in [1.54, 1.807) is 0 Å². The van der Waals surface area contributed by atoms with Gasteiger partial charge in [-0.2, -0.15) is 0 Å². The lowest BCUT2D eigenvalue weighted by molar-refractivity contribution is 0.640. The van der Waals surface area contributed by atoms with E-state index in [4.69, 9.17) is 5.73 Å². The largest absolute Gasteiger partial charge is 0.368 e. The summed E-state index contributed by atoms with van der Waals surface area (Å²) in [5, 5.41) is 0. The first-order chi connectivity index (χ1) is 8.52. The first-order valence-corrected chi connectivity index (χ1v) is 6.96. The third-order valence-corrected chi connectivity index (χ3v) is 3.72. The molecule has 3 nitrogen and oxygen atoms in total. The van der Waals surface area contributed by atoms with Crippen molar-refractivity contribution in [1.82, 2.24) is 4.98 Å². The molecular weight excluding hydrogens is 222 g/mol. The van der Waals surface area contributed by atoms with Gasteiger partial charge < -0.3 is 10.6 Å². The van der Waals surface area contributed by atoms with E-state index >= 15 is 0 Å². The predicted molar refractivity (Wildman–Crippen MR) is 76.8 cm³/mol. The molecule has 1 heterocycles. The molecule has 1 aliphatic carbocycles. The molecule has 0 radical (unpaired) electrons. The smallest absolute Gasteiger partial charge is 0.0450 e. The highest BCUT2D eigenvalue weighted by Crippen LogP contribution is 2.34. The Kier molecular flexibility index (Phi) is 3.91. The topological polar surface area (TPSA) is 42.1 Å². The molecule has 0 amide bonds. The monoisotopic (exact) mass is 247 g/mol. The minimum absolute atomic E-state index is 0.511. The van der Waals surface area contributed by atoms with Gasteiger partial charge in [-0.25, -0.2) is 0 Å². The van der Waals surface area contributed by atoms with Crippen molar-refractivity contribution < 1.29 is 0 Å². The molecule has 0 unspecified atom stereocenters. The van der Waals surface area contributed by atoms with Gasteiger partial charge in [0.1, 0.15) is 0 Å². The summed E-state index contributed by atoms with van der Waals surface area (Å²) >= 11 is 0. The van der Waals surface area contributed by atoms with Crippen LogP contribution < -0.4 is 10.6 Å². The summed E-state index contributed by atoms with van der Waals surface area (Å²) in [7, 11) is 0. The van der Waals surface area contributed by atoms with Gasteiger partial charge in [-0.15, -0.1) is 0 Å². The zero-order valence-electron chi connectivity index (χ0n) is 12.0. The summed E-state index contributed by atoms with van der Waals surface area (Å²) in [6.45, 7) is 10.4. The van der Waals surface area contributed by atoms with E-state index in [2.05, 4.69) is 43.6 Å². The number of aryl methyl sites for hydroxylation is 2. The van der Waals surface area contributed by atoms with Crippen LogP contribution in [0, 0.1) is 19.8 Å². The quantitative estimate of drug-likeness (QED) is 0.870. The minimum Gasteiger partial charge on any atom is -0.368 e. The number of hydrogen-bond donors (Lipinski definition) is 1. The molecule has 3 heteroatoms. The van der Waals surface area contributed by atoms with Gasteiger partial charge in [0.25, 0.3) is 0 Å². The van der Waals surface area contributed by atoms with Crippen molar-refractivity contribution in [2.75, 3.05) is 11.4 Å². The van der Waals surface area contributed by atoms with Crippen LogP contribution in [-0.4, -0.2) is 17.6 Å². The van der Waals surface area contributed by atoms with Crippen molar-refractivity contribution >= 4 is 5.69 Å². The molecule has 0 aromatic carbocycles. The summed E-state index contributed by atoms with van der Waals surface area (Å²) in [5.41, 5.74) is 10.6. The van der Waals surface area contributed by atoms with Crippen molar-refractivity contribution in [2.45, 2.75) is 53.1 Å². The SMILES string of the molecule is Cc1cc(N(CC2CC2)C(C)C)c(CN)c(C)n1. The zero-order valence-corrected chi connectivity index (χ0v) is 12.0. The third kappa shape index (κ3) is 2.83. The Hall–Kier alpha value is -1.09. The molecule has 1 aliphatic rings. The van der Waals surface area contributed by atoms with E-state index in [0.717, 1.165) is 23.9 Å². The second-order valence-corrected chi connectivity index (χ2v) is 5.74. The number of pyridine rings is 1. The number of nitrogens with zero attached hydrogens (tertiary/aromatic N) is 2. The van der Waals surface area contributed by atoms with E-state index in [-0.39, 0.29) is 0 Å². The van der Waals surface area contributed by atoms with Crippen molar-refractivity contribution in [1.29, 1.82) is 0 Å². The summed E-state index contributed by atoms with van der Waals surface area (Å²) < 4.78 is 0. The highest BCUT2D eigenvalue weighted by atomic mass is 15.2. The molecule has 0 atom stereocenters. The summed E-state index contributed by atoms with van der Waals surface area (Å²) in [4.78, 5) is 7.04. The first-order valence-electron chi connectivity index (χ1n) is 6.96. The number of hydrogen-bond acceptors (Lipinski definition) is 3. The van der Waals surface area contributed by atoms with E-state index in [9.17, 15) is 0 Å². The van der Waals surface area contributed by atoms with Crippen LogP contribution in [0.2, 0.25) is 0 Å². The lowest BCUT2D eigenvalue weighted by Crippen LogP contribution is -2.34. The van der Waals surface area contributed by atoms with Crippen LogP contribution in [0.25, 0.3) is 0 Å². The Labute approximate surface area is 110 Å². The molecule has 2 N–H and O–H groups in total. The Morgan fingerprint density at radius 3 is 2.56 bits per heavy atom. The highest BCUT2D eigenvalue weighted by molar-refractivity contribution is 5.56. The average Bonchev–Trinajstić information content (AvgIpc) is 3.08. The van der Waals surface area contributed by atoms with E-state index < -0.39 is 0 Å². The molecule has 1 aromatic rings. The standard InChI is InChI=1S/C15H25N3/c1-10(2)18(9-13-5-6-13)15-7-11(3)17-12(4)14(15)8-16/h7,10,13H,5-6,8-9,16H2,1-4H3. The number of rotatable bonds is 5. The van der Waals surface area contributed by atoms with Crippen LogP contribution in [0.15, 0.2) is 6.07 Å². The zero-order chi connectivity index (χ0) is 13.3. The molecule has 0 spiro atoms. The second kappa shape index (κ2) is 5.27. The second-order valence-electron chi connectivity index (χ2n) is 5.74. The van der Waals surface area contributed by atoms with E-state index in [1.165, 1.54) is 24.1 Å². The number of aromatic nitrogens is 1. The molecule has 1 aromatic heterocycles. The summed E-state index contributed by atoms with van der Waals surface area (Å²) in [5.74, 6) is 0.881. The molecule has 0 bridgehead atoms. The maximum absolute atomic E-state index is 5.92. The Morgan fingerprint density at radius 1 is 1.39 bits per heavy atom. The van der Waals surface area contributed by atoms with Crippen molar-refractivity contribution in [3.63, 3.8) is 0 Å². The van der Waals surface area contributed by atoms with Gasteiger partial charge in [0, 0.05) is 41.8 Å². The maximum atomic E-state index is 5.92. The molecular formula is C15H25N3. The molecule has 0 aliphatic heterocycles. The van der Waals surface area contributed by atoms with Crippen LogP contribution in [-0.2, 0) is 6.54 Å². The Balaban J connectivity index is 2.37. The molecule has 18 heavy (non-hydrogen) atoms. The molecule has 2 rings (SSSR count). The van der Waals surface area contributed by atoms with E-state index in [0.29, 0.717) is 12.6 Å². The first kappa shape index (κ1) is 13.3. The van der Waals surface area contributed by atoms with Crippen molar-refractivity contribution in [3.8, 4) is 0 Å². The predicted octanol–water partition coefficient (Wildman–Crippen LogP) is 2.78. The van der Waals surface area contributed by atoms with Crippen LogP contribution in [0.5, 0.6) is 0 Å². The van der Waals surface area contributed by atoms with Crippen molar-refractivity contribution in [3.05, 3.63) is 23.0 Å². The van der Waals surface area contributed by atoms with Gasteiger partial charge in [-0.3, -0.25) is 4.98 Å². The fourth-order valence-electron chi connectivity index (χ4n) is 2.51. The number of nitrogens with two attached hydrogens (primary N) is 1. The van der Waals surface area contributed by atoms with Crippen LogP contribution in [0.4, 0.5) is 5.69 Å². The van der Waals surface area contributed by atoms with Gasteiger partial charge in [0.2, 0.25) is 0 Å². The normalized spacial score (nSPS) is 15.2. The number of anilines is 1. The fourth-order valence-corrected chi connectivity index (χ4v) is 2.51. The summed E-state index contributed by atoms with van der Waals surface area (Å²) in [6.07, 6.45) is 2.76. The van der Waals surface area contributed by atoms with Gasteiger partial charge in [0.15, 0.2) is 0 Å². The Morgan fingerprint density at radius 2 is 2.06 bits per heavy atom. The van der Waals surface area contributed by atoms with E-state index in [1.807, 2.05) is 0 Å². The van der Waals surface area contributed by atoms with Crippen LogP contribution >= 0.6 is 0 Å². The van der Waals surface area contributed by atoms with Crippen LogP contribution in [0.1, 0.15) is 43.6 Å².